The highest BCUT2D eigenvalue weighted by molar-refractivity contribution is 9.10. The number of sulfonamides is 1. The van der Waals surface area contributed by atoms with Gasteiger partial charge in [0.05, 0.1) is 17.5 Å². The van der Waals surface area contributed by atoms with Crippen LogP contribution in [0.2, 0.25) is 0 Å². The van der Waals surface area contributed by atoms with Gasteiger partial charge in [-0.1, -0.05) is 15.9 Å². The molecule has 1 unspecified atom stereocenters. The van der Waals surface area contributed by atoms with Crippen molar-refractivity contribution in [3.63, 3.8) is 0 Å². The number of amides is 1. The first kappa shape index (κ1) is 19.9. The second-order valence-electron chi connectivity index (χ2n) is 6.65. The minimum absolute atomic E-state index is 0.132. The lowest BCUT2D eigenvalue weighted by Crippen LogP contribution is -2.32. The van der Waals surface area contributed by atoms with Gasteiger partial charge in [-0.25, -0.2) is 13.1 Å². The van der Waals surface area contributed by atoms with Crippen LogP contribution in [0.1, 0.15) is 42.2 Å². The molecule has 3 rings (SSSR count). The van der Waals surface area contributed by atoms with E-state index in [0.717, 1.165) is 15.8 Å². The topological polar surface area (TPSA) is 84.5 Å². The van der Waals surface area contributed by atoms with Gasteiger partial charge in [0.1, 0.15) is 5.75 Å². The molecule has 1 aliphatic heterocycles. The van der Waals surface area contributed by atoms with Crippen molar-refractivity contribution in [1.82, 2.24) is 10.0 Å². The molecule has 0 spiro atoms. The highest BCUT2D eigenvalue weighted by Gasteiger charge is 2.24. The Labute approximate surface area is 167 Å². The van der Waals surface area contributed by atoms with Crippen molar-refractivity contribution < 1.29 is 17.9 Å². The van der Waals surface area contributed by atoms with Crippen LogP contribution in [0.25, 0.3) is 0 Å². The molecule has 1 amide bonds. The summed E-state index contributed by atoms with van der Waals surface area (Å²) in [6.07, 6.45) is 0.667. The Hall–Kier alpha value is -1.90. The van der Waals surface area contributed by atoms with E-state index in [2.05, 4.69) is 26.0 Å². The molecule has 1 aliphatic rings. The van der Waals surface area contributed by atoms with Crippen LogP contribution in [0.15, 0.2) is 51.8 Å². The largest absolute Gasteiger partial charge is 0.493 e. The van der Waals surface area contributed by atoms with Gasteiger partial charge in [0.15, 0.2) is 0 Å². The third-order valence-corrected chi connectivity index (χ3v) is 6.30. The van der Waals surface area contributed by atoms with E-state index in [0.29, 0.717) is 18.6 Å². The number of rotatable bonds is 5. The number of carbonyl (C=O) groups is 1. The summed E-state index contributed by atoms with van der Waals surface area (Å²) in [5.74, 6) is 0.504. The van der Waals surface area contributed by atoms with Gasteiger partial charge in [0, 0.05) is 28.1 Å². The highest BCUT2D eigenvalue weighted by atomic mass is 79.9. The highest BCUT2D eigenvalue weighted by Crippen LogP contribution is 2.34. The summed E-state index contributed by atoms with van der Waals surface area (Å²) in [7, 11) is -3.58. The molecule has 1 atom stereocenters. The monoisotopic (exact) mass is 452 g/mol. The van der Waals surface area contributed by atoms with Gasteiger partial charge in [-0.05, 0) is 56.3 Å². The fourth-order valence-electron chi connectivity index (χ4n) is 2.92. The maximum absolute atomic E-state index is 12.6. The molecule has 0 aromatic heterocycles. The molecule has 27 heavy (non-hydrogen) atoms. The van der Waals surface area contributed by atoms with Gasteiger partial charge in [-0.2, -0.15) is 0 Å². The zero-order valence-electron chi connectivity index (χ0n) is 15.0. The number of hydrogen-bond acceptors (Lipinski definition) is 4. The summed E-state index contributed by atoms with van der Waals surface area (Å²) in [6, 6.07) is 11.3. The number of ether oxygens (including phenoxy) is 1. The maximum atomic E-state index is 12.6. The Bertz CT molecular complexity index is 943. The Morgan fingerprint density at radius 1 is 1.19 bits per heavy atom. The molecular formula is C19H21BrN2O4S. The van der Waals surface area contributed by atoms with E-state index in [-0.39, 0.29) is 22.9 Å². The van der Waals surface area contributed by atoms with Crippen molar-refractivity contribution in [3.8, 4) is 5.75 Å². The van der Waals surface area contributed by atoms with E-state index in [9.17, 15) is 13.2 Å². The van der Waals surface area contributed by atoms with Gasteiger partial charge < -0.3 is 10.1 Å². The number of benzene rings is 2. The predicted octanol–water partition coefficient (Wildman–Crippen LogP) is 3.39. The molecule has 0 radical (unpaired) electrons. The minimum atomic E-state index is -3.58. The molecule has 1 heterocycles. The quantitative estimate of drug-likeness (QED) is 0.727. The van der Waals surface area contributed by atoms with Crippen molar-refractivity contribution in [2.24, 2.45) is 0 Å². The first-order valence-electron chi connectivity index (χ1n) is 8.62. The molecular weight excluding hydrogens is 432 g/mol. The maximum Gasteiger partial charge on any atom is 0.251 e. The standard InChI is InChI=1S/C19H21BrN2O4S/c1-12(2)22-27(24,25)15-6-3-13(4-7-15)19(23)21-17-9-10-26-18-8-5-14(20)11-16(17)18/h3-8,11-12,17,22H,9-10H2,1-2H3,(H,21,23). The van der Waals surface area contributed by atoms with Crippen molar-refractivity contribution in [3.05, 3.63) is 58.1 Å². The van der Waals surface area contributed by atoms with Crippen LogP contribution in [0.5, 0.6) is 5.75 Å². The van der Waals surface area contributed by atoms with Crippen LogP contribution in [-0.4, -0.2) is 27.0 Å². The Balaban J connectivity index is 1.76. The molecule has 144 valence electrons. The van der Waals surface area contributed by atoms with Crippen molar-refractivity contribution >= 4 is 31.9 Å². The number of carbonyl (C=O) groups excluding carboxylic acids is 1. The summed E-state index contributed by atoms with van der Waals surface area (Å²) < 4.78 is 33.4. The summed E-state index contributed by atoms with van der Waals surface area (Å²) in [5.41, 5.74) is 1.32. The Kier molecular flexibility index (Phi) is 5.88. The average Bonchev–Trinajstić information content (AvgIpc) is 2.61. The van der Waals surface area contributed by atoms with Gasteiger partial charge in [-0.15, -0.1) is 0 Å². The summed E-state index contributed by atoms with van der Waals surface area (Å²) in [6.45, 7) is 4.03. The van der Waals surface area contributed by atoms with Crippen LogP contribution in [-0.2, 0) is 10.0 Å². The third kappa shape index (κ3) is 4.69. The van der Waals surface area contributed by atoms with E-state index in [1.165, 1.54) is 24.3 Å². The molecule has 2 aromatic rings. The van der Waals surface area contributed by atoms with Crippen LogP contribution >= 0.6 is 15.9 Å². The molecule has 0 bridgehead atoms. The van der Waals surface area contributed by atoms with E-state index in [4.69, 9.17) is 4.74 Å². The van der Waals surface area contributed by atoms with E-state index >= 15 is 0 Å². The second-order valence-corrected chi connectivity index (χ2v) is 9.28. The van der Waals surface area contributed by atoms with Gasteiger partial charge in [-0.3, -0.25) is 4.79 Å². The fourth-order valence-corrected chi connectivity index (χ4v) is 4.55. The van der Waals surface area contributed by atoms with Gasteiger partial charge in [0.25, 0.3) is 5.91 Å². The number of hydrogen-bond donors (Lipinski definition) is 2. The predicted molar refractivity (Wildman–Crippen MR) is 106 cm³/mol. The number of fused-ring (bicyclic) bond motifs is 1. The zero-order valence-corrected chi connectivity index (χ0v) is 17.4. The van der Waals surface area contributed by atoms with Crippen LogP contribution < -0.4 is 14.8 Å². The number of nitrogens with one attached hydrogen (secondary N) is 2. The van der Waals surface area contributed by atoms with Crippen LogP contribution in [0, 0.1) is 0 Å². The molecule has 8 heteroatoms. The van der Waals surface area contributed by atoms with Crippen LogP contribution in [0.4, 0.5) is 0 Å². The second kappa shape index (κ2) is 8.00. The fraction of sp³-hybridized carbons (Fsp3) is 0.316. The lowest BCUT2D eigenvalue weighted by Gasteiger charge is -2.27. The zero-order chi connectivity index (χ0) is 19.6. The Morgan fingerprint density at radius 2 is 1.89 bits per heavy atom. The lowest BCUT2D eigenvalue weighted by molar-refractivity contribution is 0.0924. The molecule has 6 nitrogen and oxygen atoms in total. The Morgan fingerprint density at radius 3 is 2.56 bits per heavy atom. The van der Waals surface area contributed by atoms with Gasteiger partial charge in [0.2, 0.25) is 10.0 Å². The minimum Gasteiger partial charge on any atom is -0.493 e. The summed E-state index contributed by atoms with van der Waals surface area (Å²) in [5, 5.41) is 3.00. The smallest absolute Gasteiger partial charge is 0.251 e. The van der Waals surface area contributed by atoms with Crippen molar-refractivity contribution in [1.29, 1.82) is 0 Å². The third-order valence-electron chi connectivity index (χ3n) is 4.13. The van der Waals surface area contributed by atoms with Crippen LogP contribution in [0.3, 0.4) is 0 Å². The normalized spacial score (nSPS) is 16.5. The van der Waals surface area contributed by atoms with E-state index < -0.39 is 10.0 Å². The van der Waals surface area contributed by atoms with Crippen molar-refractivity contribution in [2.75, 3.05) is 6.61 Å². The molecule has 0 saturated carbocycles. The molecule has 2 N–H and O–H groups in total. The summed E-state index contributed by atoms with van der Waals surface area (Å²) >= 11 is 3.44. The number of halogens is 1. The molecule has 2 aromatic carbocycles. The van der Waals surface area contributed by atoms with E-state index in [1.807, 2.05) is 18.2 Å². The average molecular weight is 453 g/mol. The first-order valence-corrected chi connectivity index (χ1v) is 10.9. The van der Waals surface area contributed by atoms with Gasteiger partial charge >= 0.3 is 0 Å². The molecule has 0 fully saturated rings. The van der Waals surface area contributed by atoms with Crippen molar-refractivity contribution in [2.45, 2.75) is 37.2 Å². The lowest BCUT2D eigenvalue weighted by atomic mass is 10.00. The first-order chi connectivity index (χ1) is 12.8. The SMILES string of the molecule is CC(C)NS(=O)(=O)c1ccc(C(=O)NC2CCOc3ccc(Br)cc32)cc1. The van der Waals surface area contributed by atoms with E-state index in [1.54, 1.807) is 13.8 Å². The summed E-state index contributed by atoms with van der Waals surface area (Å²) in [4.78, 5) is 12.8. The molecule has 0 saturated heterocycles. The molecule has 0 aliphatic carbocycles.